The summed E-state index contributed by atoms with van der Waals surface area (Å²) in [5.74, 6) is -1.39. The second kappa shape index (κ2) is 14.6. The number of halogens is 4. The number of carbonyl (C=O) groups excluding carboxylic acids is 3. The molecule has 5 aromatic rings. The van der Waals surface area contributed by atoms with Crippen molar-refractivity contribution in [2.45, 2.75) is 75.4 Å². The Hall–Kier alpha value is -4.96. The van der Waals surface area contributed by atoms with Gasteiger partial charge in [0.1, 0.15) is 23.2 Å². The fraction of sp³-hybridized carbons (Fsp3) is 0.436. The molecule has 8 rings (SSSR count). The summed E-state index contributed by atoms with van der Waals surface area (Å²) < 4.78 is 58.1. The van der Waals surface area contributed by atoms with Gasteiger partial charge in [-0.1, -0.05) is 18.2 Å². The van der Waals surface area contributed by atoms with Gasteiger partial charge < -0.3 is 10.2 Å². The Morgan fingerprint density at radius 3 is 2.42 bits per heavy atom. The molecule has 2 N–H and O–H groups in total. The number of nitrogens with one attached hydrogen (secondary N) is 2. The number of imidazole rings is 1. The summed E-state index contributed by atoms with van der Waals surface area (Å²) >= 11 is 1.44. The molecular weight excluding hydrogens is 739 g/mol. The highest BCUT2D eigenvalue weighted by Gasteiger charge is 2.35. The monoisotopic (exact) mass is 777 g/mol. The van der Waals surface area contributed by atoms with Crippen molar-refractivity contribution in [3.8, 4) is 0 Å². The number of rotatable bonds is 7. The Bertz CT molecular complexity index is 2370. The van der Waals surface area contributed by atoms with Crippen LogP contribution in [0, 0.1) is 11.7 Å². The molecule has 5 heterocycles. The third-order valence-corrected chi connectivity index (χ3v) is 12.6. The first-order valence-electron chi connectivity index (χ1n) is 18.6. The van der Waals surface area contributed by atoms with E-state index in [1.807, 2.05) is 12.1 Å². The highest BCUT2D eigenvalue weighted by atomic mass is 32.1. The number of aryl methyl sites for hydroxylation is 1. The average Bonchev–Trinajstić information content (AvgIpc) is 3.69. The maximum atomic E-state index is 15.0. The van der Waals surface area contributed by atoms with Crippen molar-refractivity contribution in [1.82, 2.24) is 29.3 Å². The van der Waals surface area contributed by atoms with Gasteiger partial charge >= 0.3 is 11.9 Å². The van der Waals surface area contributed by atoms with Crippen molar-refractivity contribution in [2.75, 3.05) is 25.0 Å². The van der Waals surface area contributed by atoms with Crippen LogP contribution in [0.1, 0.15) is 96.0 Å². The molecule has 55 heavy (non-hydrogen) atoms. The Kier molecular flexibility index (Phi) is 9.82. The zero-order valence-corrected chi connectivity index (χ0v) is 30.8. The molecule has 1 saturated carbocycles. The maximum Gasteiger partial charge on any atom is 0.433 e. The van der Waals surface area contributed by atoms with E-state index in [9.17, 15) is 32.3 Å². The molecule has 0 radical (unpaired) electrons. The molecule has 3 aromatic heterocycles. The number of imide groups is 1. The third kappa shape index (κ3) is 7.29. The van der Waals surface area contributed by atoms with Crippen LogP contribution in [0.5, 0.6) is 0 Å². The van der Waals surface area contributed by atoms with Gasteiger partial charge in [-0.05, 0) is 99.7 Å². The van der Waals surface area contributed by atoms with Crippen LogP contribution in [0.25, 0.3) is 21.3 Å². The first-order chi connectivity index (χ1) is 26.3. The molecule has 2 aliphatic heterocycles. The maximum absolute atomic E-state index is 15.0. The van der Waals surface area contributed by atoms with Crippen LogP contribution in [0.4, 0.5) is 23.2 Å². The van der Waals surface area contributed by atoms with Gasteiger partial charge in [-0.25, -0.2) is 19.2 Å². The summed E-state index contributed by atoms with van der Waals surface area (Å²) in [5.41, 5.74) is 1.07. The lowest BCUT2D eigenvalue weighted by Crippen LogP contribution is -2.44. The van der Waals surface area contributed by atoms with Crippen LogP contribution < -0.4 is 16.3 Å². The van der Waals surface area contributed by atoms with Crippen LogP contribution in [-0.4, -0.2) is 61.4 Å². The number of fused-ring (bicyclic) bond motifs is 2. The lowest BCUT2D eigenvalue weighted by molar-refractivity contribution is -0.141. The number of hydrogen-bond donors (Lipinski definition) is 2. The van der Waals surface area contributed by atoms with Crippen LogP contribution in [0.15, 0.2) is 53.3 Å². The van der Waals surface area contributed by atoms with Crippen molar-refractivity contribution >= 4 is 56.0 Å². The number of carbonyl (C=O) groups is 3. The molecule has 0 bridgehead atoms. The molecule has 1 atom stereocenters. The van der Waals surface area contributed by atoms with E-state index in [0.29, 0.717) is 22.6 Å². The summed E-state index contributed by atoms with van der Waals surface area (Å²) in [7, 11) is 1.75. The summed E-state index contributed by atoms with van der Waals surface area (Å²) in [5, 5.41) is 5.65. The van der Waals surface area contributed by atoms with Crippen LogP contribution in [0.2, 0.25) is 0 Å². The van der Waals surface area contributed by atoms with E-state index in [1.165, 1.54) is 23.5 Å². The molecule has 16 heteroatoms. The molecule has 3 amide bonds. The number of para-hydroxylation sites is 1. The molecular formula is C39H39F4N7O4S. The first-order valence-corrected chi connectivity index (χ1v) is 19.4. The Labute approximate surface area is 316 Å². The van der Waals surface area contributed by atoms with Gasteiger partial charge in [-0.15, -0.1) is 11.3 Å². The van der Waals surface area contributed by atoms with E-state index < -0.39 is 41.2 Å². The number of benzene rings is 2. The normalized spacial score (nSPS) is 21.7. The smallest absolute Gasteiger partial charge is 0.318 e. The van der Waals surface area contributed by atoms with Crippen molar-refractivity contribution in [2.24, 2.45) is 13.0 Å². The third-order valence-electron chi connectivity index (χ3n) is 11.4. The van der Waals surface area contributed by atoms with Crippen LogP contribution in [0.3, 0.4) is 0 Å². The van der Waals surface area contributed by atoms with Crippen LogP contribution in [-0.2, 0) is 22.8 Å². The number of thiazole rings is 1. The van der Waals surface area contributed by atoms with E-state index in [4.69, 9.17) is 4.98 Å². The van der Waals surface area contributed by atoms with E-state index >= 15 is 4.39 Å². The Morgan fingerprint density at radius 1 is 0.945 bits per heavy atom. The molecule has 1 unspecified atom stereocenters. The number of amides is 3. The fourth-order valence-electron chi connectivity index (χ4n) is 8.55. The predicted molar refractivity (Wildman–Crippen MR) is 198 cm³/mol. The van der Waals surface area contributed by atoms with Gasteiger partial charge in [0.05, 0.1) is 31.9 Å². The molecule has 11 nitrogen and oxygen atoms in total. The number of aromatic nitrogens is 4. The minimum absolute atomic E-state index is 0.147. The highest BCUT2D eigenvalue weighted by molar-refractivity contribution is 7.18. The SMILES string of the molecule is Cn1c(=O)n(C2CCC(=O)NC2=O)c2cccc(C3CCN(C[C@H]4CC[C@H](c5nc6cc(F)c(NC(=O)c7cccc(C(F)(F)F)n7)cc6s5)CC4)CC3)c21. The number of nitrogens with zero attached hydrogens (tertiary/aromatic N) is 5. The fourth-order valence-corrected chi connectivity index (χ4v) is 9.71. The summed E-state index contributed by atoms with van der Waals surface area (Å²) in [4.78, 5) is 61.2. The topological polar surface area (TPSA) is 131 Å². The van der Waals surface area contributed by atoms with Gasteiger partial charge in [0, 0.05) is 32.0 Å². The van der Waals surface area contributed by atoms with E-state index in [1.54, 1.807) is 16.2 Å². The molecule has 0 spiro atoms. The summed E-state index contributed by atoms with van der Waals surface area (Å²) in [6, 6.07) is 10.9. The van der Waals surface area contributed by atoms with E-state index in [0.717, 1.165) is 98.0 Å². The Balaban J connectivity index is 0.868. The number of likely N-dealkylation sites (tertiary alicyclic amines) is 1. The van der Waals surface area contributed by atoms with Gasteiger partial charge in [0.15, 0.2) is 0 Å². The first kappa shape index (κ1) is 37.0. The standard InChI is InChI=1S/C39H39F4N7O4S/c1-48-34-24(4-2-6-29(34)50(38(48)54)30-12-13-33(51)47-36(30)53)22-14-16-49(17-15-22)20-21-8-10-23(11-9-21)37-46-28-18-25(40)27(19-31(28)55-37)45-35(52)26-5-3-7-32(44-26)39(41,42)43/h2-7,18-19,21-23,30H,8-17,20H2,1H3,(H,45,52)(H,47,51,53)/t21-,23-,30?. The second-order valence-corrected chi connectivity index (χ2v) is 16.0. The van der Waals surface area contributed by atoms with Gasteiger partial charge in [0.2, 0.25) is 11.8 Å². The minimum Gasteiger partial charge on any atom is -0.318 e. The molecule has 288 valence electrons. The van der Waals surface area contributed by atoms with Gasteiger partial charge in [-0.3, -0.25) is 28.8 Å². The molecule has 1 aliphatic carbocycles. The molecule has 2 aromatic carbocycles. The summed E-state index contributed by atoms with van der Waals surface area (Å²) in [6.07, 6.45) is 1.67. The van der Waals surface area contributed by atoms with Gasteiger partial charge in [-0.2, -0.15) is 13.2 Å². The van der Waals surface area contributed by atoms with Gasteiger partial charge in [0.25, 0.3) is 5.91 Å². The largest absolute Gasteiger partial charge is 0.433 e. The highest BCUT2D eigenvalue weighted by Crippen LogP contribution is 2.41. The van der Waals surface area contributed by atoms with Crippen molar-refractivity contribution in [3.63, 3.8) is 0 Å². The minimum atomic E-state index is -4.71. The second-order valence-electron chi connectivity index (χ2n) is 14.9. The molecule has 3 fully saturated rings. The Morgan fingerprint density at radius 2 is 1.69 bits per heavy atom. The molecule has 3 aliphatic rings. The number of hydrogen-bond acceptors (Lipinski definition) is 8. The van der Waals surface area contributed by atoms with E-state index in [-0.39, 0.29) is 35.5 Å². The number of pyridine rings is 1. The zero-order chi connectivity index (χ0) is 38.6. The van der Waals surface area contributed by atoms with Crippen molar-refractivity contribution in [3.05, 3.63) is 86.8 Å². The zero-order valence-electron chi connectivity index (χ0n) is 30.0. The quantitative estimate of drug-likeness (QED) is 0.136. The number of alkyl halides is 3. The molecule has 2 saturated heterocycles. The van der Waals surface area contributed by atoms with Crippen molar-refractivity contribution in [1.29, 1.82) is 0 Å². The van der Waals surface area contributed by atoms with Crippen LogP contribution >= 0.6 is 11.3 Å². The average molecular weight is 778 g/mol. The van der Waals surface area contributed by atoms with E-state index in [2.05, 4.69) is 26.6 Å². The van der Waals surface area contributed by atoms with Crippen molar-refractivity contribution < 1.29 is 31.9 Å². The lowest BCUT2D eigenvalue weighted by atomic mass is 9.81. The number of anilines is 1. The predicted octanol–water partition coefficient (Wildman–Crippen LogP) is 6.89. The number of piperidine rings is 2. The summed E-state index contributed by atoms with van der Waals surface area (Å²) in [6.45, 7) is 2.88. The lowest BCUT2D eigenvalue weighted by Gasteiger charge is -2.36.